The highest BCUT2D eigenvalue weighted by Gasteiger charge is 2.33. The van der Waals surface area contributed by atoms with Crippen molar-refractivity contribution < 1.29 is 4.52 Å². The van der Waals surface area contributed by atoms with Gasteiger partial charge in [0.2, 0.25) is 5.89 Å². The Kier molecular flexibility index (Phi) is 1.83. The zero-order chi connectivity index (χ0) is 9.54. The molecule has 0 aromatic carbocycles. The van der Waals surface area contributed by atoms with Crippen LogP contribution in [0.15, 0.2) is 4.52 Å². The van der Waals surface area contributed by atoms with Crippen LogP contribution < -0.4 is 5.32 Å². The molecular weight excluding hydrogens is 178 g/mol. The molecule has 3 rings (SSSR count). The normalized spacial score (nSPS) is 32.4. The van der Waals surface area contributed by atoms with Crippen LogP contribution in [0.5, 0.6) is 0 Å². The lowest BCUT2D eigenvalue weighted by atomic mass is 9.98. The molecule has 1 aliphatic heterocycles. The summed E-state index contributed by atoms with van der Waals surface area (Å²) in [5.74, 6) is 3.40. The lowest BCUT2D eigenvalue weighted by Gasteiger charge is -2.07. The van der Waals surface area contributed by atoms with Gasteiger partial charge in [0, 0.05) is 12.5 Å². The number of aromatic nitrogens is 2. The third-order valence-corrected chi connectivity index (χ3v) is 3.23. The van der Waals surface area contributed by atoms with E-state index in [9.17, 15) is 0 Å². The Balaban J connectivity index is 1.81. The SMILES string of the molecule is CC1CNCC1c1nc(C2CC2)no1. The molecule has 4 nitrogen and oxygen atoms in total. The smallest absolute Gasteiger partial charge is 0.231 e. The van der Waals surface area contributed by atoms with Gasteiger partial charge in [0.15, 0.2) is 5.82 Å². The minimum atomic E-state index is 0.426. The maximum Gasteiger partial charge on any atom is 0.231 e. The minimum absolute atomic E-state index is 0.426. The van der Waals surface area contributed by atoms with Crippen molar-refractivity contribution in [2.45, 2.75) is 31.6 Å². The van der Waals surface area contributed by atoms with E-state index in [-0.39, 0.29) is 0 Å². The first kappa shape index (κ1) is 8.41. The van der Waals surface area contributed by atoms with Crippen LogP contribution in [0, 0.1) is 5.92 Å². The molecule has 2 aliphatic rings. The summed E-state index contributed by atoms with van der Waals surface area (Å²) in [5, 5.41) is 7.39. The molecule has 2 heterocycles. The predicted octanol–water partition coefficient (Wildman–Crippen LogP) is 1.27. The van der Waals surface area contributed by atoms with Gasteiger partial charge in [0.25, 0.3) is 0 Å². The molecular formula is C10H15N3O. The van der Waals surface area contributed by atoms with Gasteiger partial charge < -0.3 is 9.84 Å². The Bertz CT molecular complexity index is 332. The van der Waals surface area contributed by atoms with E-state index in [4.69, 9.17) is 4.52 Å². The summed E-state index contributed by atoms with van der Waals surface area (Å²) >= 11 is 0. The molecule has 0 amide bonds. The first-order valence-corrected chi connectivity index (χ1v) is 5.39. The van der Waals surface area contributed by atoms with Gasteiger partial charge in [0.05, 0.1) is 5.92 Å². The van der Waals surface area contributed by atoms with Gasteiger partial charge >= 0.3 is 0 Å². The molecule has 76 valence electrons. The summed E-state index contributed by atoms with van der Waals surface area (Å²) in [5.41, 5.74) is 0. The number of nitrogens with one attached hydrogen (secondary N) is 1. The summed E-state index contributed by atoms with van der Waals surface area (Å²) in [7, 11) is 0. The van der Waals surface area contributed by atoms with Crippen molar-refractivity contribution >= 4 is 0 Å². The van der Waals surface area contributed by atoms with Crippen LogP contribution in [0.4, 0.5) is 0 Å². The first-order chi connectivity index (χ1) is 6.84. The lowest BCUT2D eigenvalue weighted by Crippen LogP contribution is -2.08. The summed E-state index contributed by atoms with van der Waals surface area (Å²) in [4.78, 5) is 4.49. The van der Waals surface area contributed by atoms with Gasteiger partial charge in [-0.2, -0.15) is 4.98 Å². The highest BCUT2D eigenvalue weighted by molar-refractivity contribution is 5.07. The standard InChI is InChI=1S/C10H15N3O/c1-6-4-11-5-8(6)10-12-9(13-14-10)7-2-3-7/h6-8,11H,2-5H2,1H3. The van der Waals surface area contributed by atoms with Crippen LogP contribution in [0.1, 0.15) is 43.3 Å². The van der Waals surface area contributed by atoms with Crippen LogP contribution in [0.3, 0.4) is 0 Å². The Morgan fingerprint density at radius 2 is 2.21 bits per heavy atom. The van der Waals surface area contributed by atoms with E-state index in [1.807, 2.05) is 0 Å². The Morgan fingerprint density at radius 1 is 1.36 bits per heavy atom. The summed E-state index contributed by atoms with van der Waals surface area (Å²) in [6, 6.07) is 0. The third-order valence-electron chi connectivity index (χ3n) is 3.23. The molecule has 0 bridgehead atoms. The van der Waals surface area contributed by atoms with Crippen molar-refractivity contribution in [1.29, 1.82) is 0 Å². The van der Waals surface area contributed by atoms with Gasteiger partial charge in [-0.15, -0.1) is 0 Å². The van der Waals surface area contributed by atoms with E-state index in [1.165, 1.54) is 12.8 Å². The van der Waals surface area contributed by atoms with Crippen LogP contribution in [0.25, 0.3) is 0 Å². The van der Waals surface area contributed by atoms with Crippen molar-refractivity contribution in [3.8, 4) is 0 Å². The van der Waals surface area contributed by atoms with Crippen LogP contribution >= 0.6 is 0 Å². The summed E-state index contributed by atoms with van der Waals surface area (Å²) in [6.45, 7) is 4.27. The van der Waals surface area contributed by atoms with Crippen LogP contribution in [-0.2, 0) is 0 Å². The van der Waals surface area contributed by atoms with Gasteiger partial charge in [-0.3, -0.25) is 0 Å². The molecule has 2 fully saturated rings. The average Bonchev–Trinajstić information content (AvgIpc) is 2.75. The van der Waals surface area contributed by atoms with Gasteiger partial charge in [-0.05, 0) is 25.3 Å². The first-order valence-electron chi connectivity index (χ1n) is 5.39. The van der Waals surface area contributed by atoms with E-state index in [0.29, 0.717) is 17.8 Å². The molecule has 14 heavy (non-hydrogen) atoms. The fourth-order valence-electron chi connectivity index (χ4n) is 2.05. The summed E-state index contributed by atoms with van der Waals surface area (Å²) < 4.78 is 5.32. The molecule has 4 heteroatoms. The van der Waals surface area contributed by atoms with Gasteiger partial charge in [-0.25, -0.2) is 0 Å². The number of hydrogen-bond acceptors (Lipinski definition) is 4. The third kappa shape index (κ3) is 1.34. The van der Waals surface area contributed by atoms with E-state index in [1.54, 1.807) is 0 Å². The number of rotatable bonds is 2. The van der Waals surface area contributed by atoms with E-state index < -0.39 is 0 Å². The molecule has 1 aromatic rings. The number of nitrogens with zero attached hydrogens (tertiary/aromatic N) is 2. The molecule has 1 aromatic heterocycles. The Hall–Kier alpha value is -0.900. The highest BCUT2D eigenvalue weighted by Crippen LogP contribution is 2.39. The molecule has 0 radical (unpaired) electrons. The van der Waals surface area contributed by atoms with Gasteiger partial charge in [-0.1, -0.05) is 12.1 Å². The fourth-order valence-corrected chi connectivity index (χ4v) is 2.05. The average molecular weight is 193 g/mol. The molecule has 2 unspecified atom stereocenters. The van der Waals surface area contributed by atoms with Crippen molar-refractivity contribution in [3.05, 3.63) is 11.7 Å². The quantitative estimate of drug-likeness (QED) is 0.768. The zero-order valence-electron chi connectivity index (χ0n) is 8.36. The van der Waals surface area contributed by atoms with E-state index >= 15 is 0 Å². The maximum atomic E-state index is 5.32. The van der Waals surface area contributed by atoms with Crippen molar-refractivity contribution in [1.82, 2.24) is 15.5 Å². The molecule has 1 aliphatic carbocycles. The molecule has 0 spiro atoms. The second kappa shape index (κ2) is 3.05. The lowest BCUT2D eigenvalue weighted by molar-refractivity contribution is 0.336. The Labute approximate surface area is 83.1 Å². The molecule has 2 atom stereocenters. The van der Waals surface area contributed by atoms with Gasteiger partial charge in [0.1, 0.15) is 0 Å². The zero-order valence-corrected chi connectivity index (χ0v) is 8.36. The monoisotopic (exact) mass is 193 g/mol. The largest absolute Gasteiger partial charge is 0.339 e. The highest BCUT2D eigenvalue weighted by atomic mass is 16.5. The fraction of sp³-hybridized carbons (Fsp3) is 0.800. The molecule has 1 saturated heterocycles. The second-order valence-electron chi connectivity index (χ2n) is 4.51. The molecule has 1 saturated carbocycles. The molecule has 1 N–H and O–H groups in total. The van der Waals surface area contributed by atoms with Crippen molar-refractivity contribution in [3.63, 3.8) is 0 Å². The topological polar surface area (TPSA) is 51.0 Å². The predicted molar refractivity (Wildman–Crippen MR) is 51.0 cm³/mol. The van der Waals surface area contributed by atoms with Crippen LogP contribution in [-0.4, -0.2) is 23.2 Å². The van der Waals surface area contributed by atoms with E-state index in [0.717, 1.165) is 24.8 Å². The van der Waals surface area contributed by atoms with Crippen molar-refractivity contribution in [2.24, 2.45) is 5.92 Å². The minimum Gasteiger partial charge on any atom is -0.339 e. The van der Waals surface area contributed by atoms with Crippen molar-refractivity contribution in [2.75, 3.05) is 13.1 Å². The second-order valence-corrected chi connectivity index (χ2v) is 4.51. The van der Waals surface area contributed by atoms with Crippen LogP contribution in [0.2, 0.25) is 0 Å². The van der Waals surface area contributed by atoms with E-state index in [2.05, 4.69) is 22.4 Å². The number of hydrogen-bond donors (Lipinski definition) is 1. The maximum absolute atomic E-state index is 5.32. The Morgan fingerprint density at radius 3 is 2.86 bits per heavy atom. The summed E-state index contributed by atoms with van der Waals surface area (Å²) in [6.07, 6.45) is 2.47.